The molecule has 1 atom stereocenters. The van der Waals surface area contributed by atoms with E-state index in [0.717, 1.165) is 5.82 Å². The van der Waals surface area contributed by atoms with Crippen LogP contribution in [-0.4, -0.2) is 29.8 Å². The molecule has 2 N–H and O–H groups in total. The van der Waals surface area contributed by atoms with Crippen molar-refractivity contribution in [2.75, 3.05) is 19.5 Å². The molecule has 0 bridgehead atoms. The predicted octanol–water partition coefficient (Wildman–Crippen LogP) is 2.96. The molecule has 0 aliphatic rings. The third-order valence-corrected chi connectivity index (χ3v) is 3.74. The molecule has 0 unspecified atom stereocenters. The maximum Gasteiger partial charge on any atom is 0.319 e. The number of nitrogens with zero attached hydrogens (tertiary/aromatic N) is 2. The smallest absolute Gasteiger partial charge is 0.319 e. The number of urea groups is 1. The van der Waals surface area contributed by atoms with Crippen LogP contribution in [-0.2, 0) is 7.05 Å². The number of anilines is 1. The number of hydrogen-bond acceptors (Lipinski definition) is 4. The number of carbonyl (C=O) groups is 1. The van der Waals surface area contributed by atoms with Crippen molar-refractivity contribution in [3.63, 3.8) is 0 Å². The minimum absolute atomic E-state index is 0.184. The summed E-state index contributed by atoms with van der Waals surface area (Å²) in [5.41, 5.74) is 0.539. The van der Waals surface area contributed by atoms with Gasteiger partial charge in [-0.3, -0.25) is 0 Å². The summed E-state index contributed by atoms with van der Waals surface area (Å²) in [7, 11) is 5.03. The summed E-state index contributed by atoms with van der Waals surface area (Å²) in [6, 6.07) is 4.69. The fraction of sp³-hybridized carbons (Fsp3) is 0.412. The van der Waals surface area contributed by atoms with Gasteiger partial charge in [0.2, 0.25) is 0 Å². The largest absolute Gasteiger partial charge is 0.497 e. The molecule has 24 heavy (non-hydrogen) atoms. The van der Waals surface area contributed by atoms with E-state index in [1.165, 1.54) is 0 Å². The van der Waals surface area contributed by atoms with Gasteiger partial charge in [-0.2, -0.15) is 0 Å². The number of benzene rings is 1. The summed E-state index contributed by atoms with van der Waals surface area (Å²) in [5, 5.41) is 5.78. The van der Waals surface area contributed by atoms with Crippen LogP contribution < -0.4 is 20.1 Å². The van der Waals surface area contributed by atoms with Crippen molar-refractivity contribution >= 4 is 11.7 Å². The van der Waals surface area contributed by atoms with Gasteiger partial charge in [-0.25, -0.2) is 9.78 Å². The molecular formula is C17H24N4O3. The minimum atomic E-state index is -0.330. The van der Waals surface area contributed by atoms with Crippen LogP contribution in [0.3, 0.4) is 0 Å². The van der Waals surface area contributed by atoms with Crippen LogP contribution in [0.25, 0.3) is 0 Å². The van der Waals surface area contributed by atoms with Gasteiger partial charge in [0.1, 0.15) is 17.3 Å². The van der Waals surface area contributed by atoms with Crippen LogP contribution in [0.4, 0.5) is 10.5 Å². The van der Waals surface area contributed by atoms with Gasteiger partial charge in [0, 0.05) is 25.5 Å². The van der Waals surface area contributed by atoms with E-state index in [4.69, 9.17) is 9.47 Å². The van der Waals surface area contributed by atoms with Crippen molar-refractivity contribution in [3.05, 3.63) is 36.4 Å². The van der Waals surface area contributed by atoms with Crippen molar-refractivity contribution in [2.24, 2.45) is 13.0 Å². The van der Waals surface area contributed by atoms with E-state index in [0.29, 0.717) is 17.2 Å². The Morgan fingerprint density at radius 3 is 2.54 bits per heavy atom. The lowest BCUT2D eigenvalue weighted by Gasteiger charge is -2.22. The lowest BCUT2D eigenvalue weighted by Crippen LogP contribution is -2.36. The highest BCUT2D eigenvalue weighted by atomic mass is 16.5. The zero-order valence-electron chi connectivity index (χ0n) is 14.7. The zero-order valence-corrected chi connectivity index (χ0v) is 14.7. The number of amides is 2. The Morgan fingerprint density at radius 1 is 1.25 bits per heavy atom. The summed E-state index contributed by atoms with van der Waals surface area (Å²) in [5.74, 6) is 2.18. The third-order valence-electron chi connectivity index (χ3n) is 3.74. The fourth-order valence-electron chi connectivity index (χ4n) is 2.42. The highest BCUT2D eigenvalue weighted by molar-refractivity contribution is 5.91. The lowest BCUT2D eigenvalue weighted by molar-refractivity contribution is 0.243. The standard InChI is InChI=1S/C17H24N4O3/c1-11(2)15(16-18-8-9-21(16)3)20-17(22)19-13-10-12(23-4)6-7-14(13)24-5/h6-11,15H,1-5H3,(H2,19,20,22)/t15-/m1/s1. The van der Waals surface area contributed by atoms with Crippen molar-refractivity contribution in [3.8, 4) is 11.5 Å². The molecule has 2 rings (SSSR count). The van der Waals surface area contributed by atoms with Gasteiger partial charge in [-0.15, -0.1) is 0 Å². The lowest BCUT2D eigenvalue weighted by atomic mass is 10.0. The van der Waals surface area contributed by atoms with Gasteiger partial charge < -0.3 is 24.7 Å². The van der Waals surface area contributed by atoms with Gasteiger partial charge in [-0.05, 0) is 18.1 Å². The SMILES string of the molecule is COc1ccc(OC)c(NC(=O)N[C@@H](c2nccn2C)C(C)C)c1. The van der Waals surface area contributed by atoms with Crippen molar-refractivity contribution in [2.45, 2.75) is 19.9 Å². The van der Waals surface area contributed by atoms with Crippen LogP contribution in [0, 0.1) is 5.92 Å². The minimum Gasteiger partial charge on any atom is -0.497 e. The molecule has 2 aromatic rings. The van der Waals surface area contributed by atoms with Crippen molar-refractivity contribution in [1.82, 2.24) is 14.9 Å². The molecule has 1 heterocycles. The van der Waals surface area contributed by atoms with E-state index in [9.17, 15) is 4.79 Å². The number of aromatic nitrogens is 2. The fourth-order valence-corrected chi connectivity index (χ4v) is 2.42. The number of methoxy groups -OCH3 is 2. The first-order valence-electron chi connectivity index (χ1n) is 7.73. The number of rotatable bonds is 6. The normalized spacial score (nSPS) is 11.9. The zero-order chi connectivity index (χ0) is 17.7. The Labute approximate surface area is 142 Å². The molecular weight excluding hydrogens is 308 g/mol. The average molecular weight is 332 g/mol. The second kappa shape index (κ2) is 7.72. The molecule has 2 amide bonds. The van der Waals surface area contributed by atoms with E-state index in [-0.39, 0.29) is 18.0 Å². The molecule has 7 nitrogen and oxygen atoms in total. The van der Waals surface area contributed by atoms with E-state index >= 15 is 0 Å². The quantitative estimate of drug-likeness (QED) is 0.852. The topological polar surface area (TPSA) is 77.4 Å². The van der Waals surface area contributed by atoms with Crippen LogP contribution in [0.5, 0.6) is 11.5 Å². The van der Waals surface area contributed by atoms with Crippen LogP contribution in [0.1, 0.15) is 25.7 Å². The molecule has 1 aromatic carbocycles. The molecule has 130 valence electrons. The van der Waals surface area contributed by atoms with Crippen LogP contribution >= 0.6 is 0 Å². The highest BCUT2D eigenvalue weighted by Gasteiger charge is 2.22. The van der Waals surface area contributed by atoms with E-state index < -0.39 is 0 Å². The summed E-state index contributed by atoms with van der Waals surface area (Å²) in [4.78, 5) is 16.8. The monoisotopic (exact) mass is 332 g/mol. The average Bonchev–Trinajstić information content (AvgIpc) is 2.98. The number of ether oxygens (including phenoxy) is 2. The molecule has 7 heteroatoms. The Kier molecular flexibility index (Phi) is 5.68. The van der Waals surface area contributed by atoms with Crippen molar-refractivity contribution < 1.29 is 14.3 Å². The number of imidazole rings is 1. The van der Waals surface area contributed by atoms with Gasteiger partial charge in [0.05, 0.1) is 25.9 Å². The number of carbonyl (C=O) groups excluding carboxylic acids is 1. The number of aryl methyl sites for hydroxylation is 1. The Hall–Kier alpha value is -2.70. The maximum atomic E-state index is 12.4. The molecule has 0 fully saturated rings. The summed E-state index contributed by atoms with van der Waals surface area (Å²) in [6.45, 7) is 4.07. The highest BCUT2D eigenvalue weighted by Crippen LogP contribution is 2.29. The molecule has 0 aliphatic carbocycles. The van der Waals surface area contributed by atoms with Gasteiger partial charge in [0.25, 0.3) is 0 Å². The number of nitrogens with one attached hydrogen (secondary N) is 2. The molecule has 0 aliphatic heterocycles. The van der Waals surface area contributed by atoms with Crippen LogP contribution in [0.2, 0.25) is 0 Å². The predicted molar refractivity (Wildman–Crippen MR) is 92.5 cm³/mol. The molecule has 0 saturated carbocycles. The van der Waals surface area contributed by atoms with Crippen LogP contribution in [0.15, 0.2) is 30.6 Å². The van der Waals surface area contributed by atoms with Crippen molar-refractivity contribution in [1.29, 1.82) is 0 Å². The first-order valence-corrected chi connectivity index (χ1v) is 7.73. The third kappa shape index (κ3) is 3.98. The molecule has 0 spiro atoms. The first-order chi connectivity index (χ1) is 11.5. The van der Waals surface area contributed by atoms with Gasteiger partial charge in [-0.1, -0.05) is 13.8 Å². The number of hydrogen-bond donors (Lipinski definition) is 2. The molecule has 1 aromatic heterocycles. The van der Waals surface area contributed by atoms with E-state index in [1.54, 1.807) is 38.6 Å². The Balaban J connectivity index is 2.16. The molecule has 0 saturated heterocycles. The van der Waals surface area contributed by atoms with Gasteiger partial charge in [0.15, 0.2) is 0 Å². The Morgan fingerprint density at radius 2 is 2.00 bits per heavy atom. The second-order valence-corrected chi connectivity index (χ2v) is 5.78. The first kappa shape index (κ1) is 17.7. The summed E-state index contributed by atoms with van der Waals surface area (Å²) >= 11 is 0. The maximum absolute atomic E-state index is 12.4. The summed E-state index contributed by atoms with van der Waals surface area (Å²) in [6.07, 6.45) is 3.57. The summed E-state index contributed by atoms with van der Waals surface area (Å²) < 4.78 is 12.4. The van der Waals surface area contributed by atoms with Gasteiger partial charge >= 0.3 is 6.03 Å². The second-order valence-electron chi connectivity index (χ2n) is 5.78. The molecule has 0 radical (unpaired) electrons. The van der Waals surface area contributed by atoms with E-state index in [2.05, 4.69) is 15.6 Å². The Bertz CT molecular complexity index is 697. The van der Waals surface area contributed by atoms with E-state index in [1.807, 2.05) is 31.7 Å².